The largest absolute Gasteiger partial charge is 0.479 e. The lowest BCUT2D eigenvalue weighted by Gasteiger charge is -2.15. The van der Waals surface area contributed by atoms with Crippen molar-refractivity contribution in [2.45, 2.75) is 6.04 Å². The Bertz CT molecular complexity index is 589. The molecule has 0 unspecified atom stereocenters. The van der Waals surface area contributed by atoms with Crippen LogP contribution in [0, 0.1) is 0 Å². The summed E-state index contributed by atoms with van der Waals surface area (Å²) in [6, 6.07) is 6.67. The van der Waals surface area contributed by atoms with Gasteiger partial charge in [-0.25, -0.2) is 19.6 Å². The second-order valence-electron chi connectivity index (χ2n) is 3.91. The molecule has 0 fully saturated rings. The van der Waals surface area contributed by atoms with Crippen LogP contribution < -0.4 is 10.6 Å². The van der Waals surface area contributed by atoms with Crippen molar-refractivity contribution in [1.82, 2.24) is 15.3 Å². The zero-order chi connectivity index (χ0) is 14.4. The highest BCUT2D eigenvalue weighted by molar-refractivity contribution is 5.92. The predicted molar refractivity (Wildman–Crippen MR) is 71.0 cm³/mol. The predicted octanol–water partition coefficient (Wildman–Crippen LogP) is 1.42. The zero-order valence-corrected chi connectivity index (χ0v) is 10.4. The summed E-state index contributed by atoms with van der Waals surface area (Å²) in [5, 5.41) is 14.0. The molecule has 0 aliphatic carbocycles. The molecule has 0 radical (unpaired) electrons. The molecule has 1 aromatic carbocycles. The van der Waals surface area contributed by atoms with Gasteiger partial charge in [0.05, 0.1) is 18.1 Å². The lowest BCUT2D eigenvalue weighted by Crippen LogP contribution is -2.36. The summed E-state index contributed by atoms with van der Waals surface area (Å²) in [6.07, 6.45) is 4.14. The van der Waals surface area contributed by atoms with Crippen LogP contribution in [0.3, 0.4) is 0 Å². The number of urea groups is 1. The van der Waals surface area contributed by atoms with Crippen LogP contribution in [0.1, 0.15) is 11.6 Å². The van der Waals surface area contributed by atoms with E-state index in [1.54, 1.807) is 30.3 Å². The number of hydrogen-bond acceptors (Lipinski definition) is 4. The van der Waals surface area contributed by atoms with Crippen molar-refractivity contribution >= 4 is 17.7 Å². The summed E-state index contributed by atoms with van der Waals surface area (Å²) in [6.45, 7) is 0. The molecule has 102 valence electrons. The second kappa shape index (κ2) is 6.28. The number of nitrogens with zero attached hydrogens (tertiary/aromatic N) is 2. The molecule has 0 aliphatic rings. The number of aliphatic carboxylic acids is 1. The molecule has 1 aromatic heterocycles. The molecule has 0 spiro atoms. The Balaban J connectivity index is 2.06. The number of carboxylic acid groups (broad SMARTS) is 1. The third kappa shape index (κ3) is 3.52. The molecule has 2 aromatic rings. The minimum Gasteiger partial charge on any atom is -0.479 e. The first-order valence-electron chi connectivity index (χ1n) is 5.77. The summed E-state index contributed by atoms with van der Waals surface area (Å²) in [5.41, 5.74) is 0.863. The van der Waals surface area contributed by atoms with E-state index in [1.807, 2.05) is 0 Å². The van der Waals surface area contributed by atoms with Gasteiger partial charge in [0.25, 0.3) is 0 Å². The first-order valence-corrected chi connectivity index (χ1v) is 5.77. The smallest absolute Gasteiger partial charge is 0.330 e. The standard InChI is InChI=1S/C13H12N4O3/c18-12(19)11(9-4-2-1-3-5-9)17-13(20)16-10-6-14-8-15-7-10/h1-8,11H,(H,18,19)(H2,16,17,20)/t11-/m1/s1. The number of anilines is 1. The fourth-order valence-electron chi connectivity index (χ4n) is 1.60. The van der Waals surface area contributed by atoms with Gasteiger partial charge in [-0.1, -0.05) is 30.3 Å². The molecule has 3 N–H and O–H groups in total. The fourth-order valence-corrected chi connectivity index (χ4v) is 1.60. The molecule has 1 atom stereocenters. The minimum absolute atomic E-state index is 0.377. The minimum atomic E-state index is -1.14. The number of amides is 2. The van der Waals surface area contributed by atoms with E-state index < -0.39 is 18.0 Å². The Morgan fingerprint density at radius 3 is 2.35 bits per heavy atom. The van der Waals surface area contributed by atoms with E-state index in [0.29, 0.717) is 11.3 Å². The van der Waals surface area contributed by atoms with Gasteiger partial charge >= 0.3 is 12.0 Å². The molecule has 0 aliphatic heterocycles. The molecular formula is C13H12N4O3. The zero-order valence-electron chi connectivity index (χ0n) is 10.4. The number of carbonyl (C=O) groups excluding carboxylic acids is 1. The summed E-state index contributed by atoms with van der Waals surface area (Å²) >= 11 is 0. The average molecular weight is 272 g/mol. The van der Waals surface area contributed by atoms with Crippen molar-refractivity contribution in [3.63, 3.8) is 0 Å². The maximum atomic E-state index is 11.8. The Morgan fingerprint density at radius 1 is 1.10 bits per heavy atom. The number of hydrogen-bond donors (Lipinski definition) is 3. The quantitative estimate of drug-likeness (QED) is 0.780. The van der Waals surface area contributed by atoms with Crippen LogP contribution in [0.4, 0.5) is 10.5 Å². The van der Waals surface area contributed by atoms with Crippen LogP contribution in [0.25, 0.3) is 0 Å². The van der Waals surface area contributed by atoms with Crippen molar-refractivity contribution in [3.8, 4) is 0 Å². The van der Waals surface area contributed by atoms with Crippen molar-refractivity contribution in [1.29, 1.82) is 0 Å². The van der Waals surface area contributed by atoms with Gasteiger partial charge in [-0.3, -0.25) is 0 Å². The van der Waals surface area contributed by atoms with Crippen LogP contribution >= 0.6 is 0 Å². The maximum absolute atomic E-state index is 11.8. The topological polar surface area (TPSA) is 104 Å². The van der Waals surface area contributed by atoms with Crippen LogP contribution in [-0.4, -0.2) is 27.1 Å². The number of benzene rings is 1. The summed E-state index contributed by atoms with van der Waals surface area (Å²) in [4.78, 5) is 30.5. The van der Waals surface area contributed by atoms with Crippen molar-refractivity contribution in [2.24, 2.45) is 0 Å². The van der Waals surface area contributed by atoms with Crippen molar-refractivity contribution in [2.75, 3.05) is 5.32 Å². The Hall–Kier alpha value is -2.96. The van der Waals surface area contributed by atoms with Gasteiger partial charge in [0.15, 0.2) is 6.04 Å². The molecule has 0 bridgehead atoms. The Kier molecular flexibility index (Phi) is 4.23. The summed E-state index contributed by atoms with van der Waals surface area (Å²) in [7, 11) is 0. The average Bonchev–Trinajstić information content (AvgIpc) is 2.46. The van der Waals surface area contributed by atoms with Crippen molar-refractivity contribution < 1.29 is 14.7 Å². The van der Waals surface area contributed by atoms with Gasteiger partial charge < -0.3 is 15.7 Å². The highest BCUT2D eigenvalue weighted by Gasteiger charge is 2.21. The molecule has 2 amide bonds. The fraction of sp³-hybridized carbons (Fsp3) is 0.0769. The van der Waals surface area contributed by atoms with Crippen molar-refractivity contribution in [3.05, 3.63) is 54.6 Å². The lowest BCUT2D eigenvalue weighted by atomic mass is 10.1. The van der Waals surface area contributed by atoms with Crippen LogP contribution in [0.15, 0.2) is 49.1 Å². The SMILES string of the molecule is O=C(Nc1cncnc1)N[C@@H](C(=O)O)c1ccccc1. The third-order valence-electron chi connectivity index (χ3n) is 2.47. The monoisotopic (exact) mass is 272 g/mol. The first-order chi connectivity index (χ1) is 9.66. The van der Waals surface area contributed by atoms with E-state index in [1.165, 1.54) is 18.7 Å². The summed E-state index contributed by atoms with van der Waals surface area (Å²) in [5.74, 6) is -1.14. The molecule has 1 heterocycles. The normalized spacial score (nSPS) is 11.4. The first kappa shape index (κ1) is 13.5. The molecule has 20 heavy (non-hydrogen) atoms. The number of carboxylic acids is 1. The summed E-state index contributed by atoms with van der Waals surface area (Å²) < 4.78 is 0. The van der Waals surface area contributed by atoms with Gasteiger partial charge in [-0.15, -0.1) is 0 Å². The second-order valence-corrected chi connectivity index (χ2v) is 3.91. The van der Waals surface area contributed by atoms with E-state index in [-0.39, 0.29) is 0 Å². The molecular weight excluding hydrogens is 260 g/mol. The molecule has 2 rings (SSSR count). The van der Waals surface area contributed by atoms with E-state index in [9.17, 15) is 14.7 Å². The molecule has 7 heteroatoms. The van der Waals surface area contributed by atoms with E-state index in [2.05, 4.69) is 20.6 Å². The van der Waals surface area contributed by atoms with Gasteiger partial charge in [-0.05, 0) is 5.56 Å². The van der Waals surface area contributed by atoms with Crippen LogP contribution in [-0.2, 0) is 4.79 Å². The van der Waals surface area contributed by atoms with E-state index in [4.69, 9.17) is 0 Å². The van der Waals surface area contributed by atoms with Crippen LogP contribution in [0.5, 0.6) is 0 Å². The van der Waals surface area contributed by atoms with Crippen LogP contribution in [0.2, 0.25) is 0 Å². The number of carbonyl (C=O) groups is 2. The maximum Gasteiger partial charge on any atom is 0.330 e. The highest BCUT2D eigenvalue weighted by Crippen LogP contribution is 2.13. The van der Waals surface area contributed by atoms with E-state index >= 15 is 0 Å². The lowest BCUT2D eigenvalue weighted by molar-refractivity contribution is -0.139. The highest BCUT2D eigenvalue weighted by atomic mass is 16.4. The Labute approximate surface area is 114 Å². The van der Waals surface area contributed by atoms with Gasteiger partial charge in [-0.2, -0.15) is 0 Å². The number of aromatic nitrogens is 2. The third-order valence-corrected chi connectivity index (χ3v) is 2.47. The molecule has 0 saturated heterocycles. The number of rotatable bonds is 4. The number of nitrogens with one attached hydrogen (secondary N) is 2. The molecule has 0 saturated carbocycles. The van der Waals surface area contributed by atoms with Gasteiger partial charge in [0.1, 0.15) is 6.33 Å². The van der Waals surface area contributed by atoms with Gasteiger partial charge in [0, 0.05) is 0 Å². The van der Waals surface area contributed by atoms with E-state index in [0.717, 1.165) is 0 Å². The Morgan fingerprint density at radius 2 is 1.75 bits per heavy atom. The molecule has 7 nitrogen and oxygen atoms in total. The van der Waals surface area contributed by atoms with Gasteiger partial charge in [0.2, 0.25) is 0 Å².